The quantitative estimate of drug-likeness (QED) is 0.164. The molecule has 1 aromatic heterocycles. The number of methoxy groups -OCH3 is 2. The molecule has 0 saturated carbocycles. The van der Waals surface area contributed by atoms with Crippen molar-refractivity contribution in [3.8, 4) is 11.5 Å². The first-order valence-corrected chi connectivity index (χ1v) is 12.8. The Balaban J connectivity index is 1.83. The number of nitrogens with zero attached hydrogens (tertiary/aromatic N) is 1. The number of rotatable bonds is 12. The summed E-state index contributed by atoms with van der Waals surface area (Å²) >= 11 is 0. The summed E-state index contributed by atoms with van der Waals surface area (Å²) < 4.78 is 50.2. The number of carbonyl (C=O) groups is 2. The van der Waals surface area contributed by atoms with Crippen molar-refractivity contribution in [3.05, 3.63) is 63.6 Å². The Morgan fingerprint density at radius 2 is 1.87 bits per heavy atom. The fourth-order valence-electron chi connectivity index (χ4n) is 3.62. The van der Waals surface area contributed by atoms with Crippen molar-refractivity contribution >= 4 is 36.5 Å². The lowest BCUT2D eigenvalue weighted by Gasteiger charge is -2.19. The number of hydrogen-bond donors (Lipinski definition) is 3. The number of aromatic amines is 1. The minimum absolute atomic E-state index is 0.0461. The first kappa shape index (κ1) is 29.4. The topological polar surface area (TPSA) is 189 Å². The molecule has 3 rings (SSSR count). The number of alkyl carbamates (subject to hydrolysis) is 1. The summed E-state index contributed by atoms with van der Waals surface area (Å²) in [4.78, 5) is 48.8. The highest BCUT2D eigenvalue weighted by atomic mass is 31.2. The number of carbonyl (C=O) groups excluding carboxylic acids is 2. The fourth-order valence-corrected chi connectivity index (χ4v) is 4.36. The number of hydrogen-bond acceptors (Lipinski definition) is 10. The zero-order valence-corrected chi connectivity index (χ0v) is 21.9. The van der Waals surface area contributed by atoms with E-state index < -0.39 is 49.0 Å². The number of H-pyrrole nitrogens is 1. The standard InChI is InChI=1S/C23H25FN3O11P/c1-4-37-39(32,33)38-22(28)18(7-13-11-25-17-6-5-15(24)9-16(13)17)26-23(29)36-12-14-8-20(34-2)21(35-3)10-19(14)27(30)31/h5-6,8-11,18,25H,4,7,12H2,1-3H3,(H,26,29)(H,32,33)/t18-/m0/s1. The third-order valence-corrected chi connectivity index (χ3v) is 6.36. The van der Waals surface area contributed by atoms with Crippen molar-refractivity contribution < 1.29 is 51.6 Å². The molecule has 0 aliphatic carbocycles. The van der Waals surface area contributed by atoms with Gasteiger partial charge >= 0.3 is 19.9 Å². The number of nitrogens with one attached hydrogen (secondary N) is 2. The molecule has 3 N–H and O–H groups in total. The Morgan fingerprint density at radius 3 is 2.51 bits per heavy atom. The van der Waals surface area contributed by atoms with E-state index >= 15 is 0 Å². The molecule has 0 aliphatic rings. The van der Waals surface area contributed by atoms with Gasteiger partial charge in [-0.2, -0.15) is 0 Å². The molecule has 0 spiro atoms. The van der Waals surface area contributed by atoms with Crippen LogP contribution in [0.3, 0.4) is 0 Å². The van der Waals surface area contributed by atoms with Gasteiger partial charge < -0.3 is 29.0 Å². The van der Waals surface area contributed by atoms with Gasteiger partial charge in [0.2, 0.25) is 0 Å². The Hall–Kier alpha value is -4.20. The Labute approximate surface area is 220 Å². The maximum atomic E-state index is 13.8. The van der Waals surface area contributed by atoms with Crippen molar-refractivity contribution in [2.75, 3.05) is 20.8 Å². The molecule has 0 saturated heterocycles. The van der Waals surface area contributed by atoms with Crippen LogP contribution in [0.15, 0.2) is 36.5 Å². The fraction of sp³-hybridized carbons (Fsp3) is 0.304. The van der Waals surface area contributed by atoms with E-state index in [4.69, 9.17) is 14.2 Å². The average molecular weight is 569 g/mol. The molecule has 0 bridgehead atoms. The highest BCUT2D eigenvalue weighted by Gasteiger charge is 2.33. The number of nitro benzene ring substituents is 1. The van der Waals surface area contributed by atoms with Crippen LogP contribution >= 0.6 is 7.82 Å². The third-order valence-electron chi connectivity index (χ3n) is 5.37. The molecule has 1 amide bonds. The summed E-state index contributed by atoms with van der Waals surface area (Å²) in [6, 6.07) is 4.65. The molecule has 2 atom stereocenters. The van der Waals surface area contributed by atoms with E-state index in [2.05, 4.69) is 19.3 Å². The van der Waals surface area contributed by atoms with Gasteiger partial charge in [0, 0.05) is 23.5 Å². The van der Waals surface area contributed by atoms with Crippen molar-refractivity contribution in [2.45, 2.75) is 26.0 Å². The number of fused-ring (bicyclic) bond motifs is 1. The molecule has 39 heavy (non-hydrogen) atoms. The van der Waals surface area contributed by atoms with Crippen LogP contribution in [0.1, 0.15) is 18.1 Å². The summed E-state index contributed by atoms with van der Waals surface area (Å²) in [6.45, 7) is 0.546. The predicted molar refractivity (Wildman–Crippen MR) is 133 cm³/mol. The smallest absolute Gasteiger partial charge is 0.493 e. The minimum Gasteiger partial charge on any atom is -0.493 e. The monoisotopic (exact) mass is 569 g/mol. The number of amides is 1. The summed E-state index contributed by atoms with van der Waals surface area (Å²) in [5.74, 6) is -1.67. The molecule has 1 unspecified atom stereocenters. The van der Waals surface area contributed by atoms with E-state index in [9.17, 15) is 33.6 Å². The van der Waals surface area contributed by atoms with Gasteiger partial charge in [0.15, 0.2) is 11.5 Å². The van der Waals surface area contributed by atoms with Crippen LogP contribution in [0.25, 0.3) is 10.9 Å². The van der Waals surface area contributed by atoms with Gasteiger partial charge in [0.05, 0.1) is 37.4 Å². The number of ether oxygens (including phenoxy) is 3. The summed E-state index contributed by atoms with van der Waals surface area (Å²) in [6.07, 6.45) is -0.0536. The maximum absolute atomic E-state index is 13.8. The predicted octanol–water partition coefficient (Wildman–Crippen LogP) is 3.75. The van der Waals surface area contributed by atoms with E-state index in [1.165, 1.54) is 51.6 Å². The van der Waals surface area contributed by atoms with Crippen LogP contribution in [-0.4, -0.2) is 53.7 Å². The van der Waals surface area contributed by atoms with Crippen LogP contribution in [0.4, 0.5) is 14.9 Å². The second kappa shape index (κ2) is 12.6. The van der Waals surface area contributed by atoms with Crippen LogP contribution in [-0.2, 0) is 36.2 Å². The number of phosphoric acid groups is 1. The van der Waals surface area contributed by atoms with E-state index in [0.29, 0.717) is 16.5 Å². The summed E-state index contributed by atoms with van der Waals surface area (Å²) in [5.41, 5.74) is 0.431. The van der Waals surface area contributed by atoms with Crippen molar-refractivity contribution in [1.82, 2.24) is 10.3 Å². The van der Waals surface area contributed by atoms with Crippen molar-refractivity contribution in [1.29, 1.82) is 0 Å². The number of benzene rings is 2. The molecule has 0 aliphatic heterocycles. The second-order valence-corrected chi connectivity index (χ2v) is 9.25. The molecule has 3 aromatic rings. The molecule has 0 radical (unpaired) electrons. The molecule has 0 fully saturated rings. The second-order valence-electron chi connectivity index (χ2n) is 7.87. The molecule has 210 valence electrons. The zero-order chi connectivity index (χ0) is 28.7. The largest absolute Gasteiger partial charge is 0.529 e. The summed E-state index contributed by atoms with van der Waals surface area (Å²) in [7, 11) is -2.19. The van der Waals surface area contributed by atoms with Crippen molar-refractivity contribution in [2.24, 2.45) is 0 Å². The van der Waals surface area contributed by atoms with Crippen LogP contribution < -0.4 is 14.8 Å². The van der Waals surface area contributed by atoms with Crippen LogP contribution in [0.2, 0.25) is 0 Å². The van der Waals surface area contributed by atoms with E-state index in [-0.39, 0.29) is 30.1 Å². The number of phosphoric ester groups is 1. The van der Waals surface area contributed by atoms with E-state index in [0.717, 1.165) is 6.07 Å². The molecule has 16 heteroatoms. The highest BCUT2D eigenvalue weighted by Crippen LogP contribution is 2.43. The molecular formula is C23H25FN3O11P. The lowest BCUT2D eigenvalue weighted by molar-refractivity contribution is -0.385. The van der Waals surface area contributed by atoms with Gasteiger partial charge in [-0.05, 0) is 36.8 Å². The van der Waals surface area contributed by atoms with E-state index in [1.807, 2.05) is 0 Å². The van der Waals surface area contributed by atoms with E-state index in [1.54, 1.807) is 0 Å². The third kappa shape index (κ3) is 7.44. The first-order chi connectivity index (χ1) is 18.5. The van der Waals surface area contributed by atoms with Gasteiger partial charge in [0.1, 0.15) is 18.5 Å². The van der Waals surface area contributed by atoms with Crippen molar-refractivity contribution in [3.63, 3.8) is 0 Å². The Kier molecular flexibility index (Phi) is 9.46. The number of nitro groups is 1. The maximum Gasteiger partial charge on any atom is 0.529 e. The van der Waals surface area contributed by atoms with Crippen LogP contribution in [0, 0.1) is 15.9 Å². The number of aromatic nitrogens is 1. The van der Waals surface area contributed by atoms with Gasteiger partial charge in [-0.25, -0.2) is 18.5 Å². The normalized spacial score (nSPS) is 13.3. The SMILES string of the molecule is CCOP(=O)(O)OC(=O)[C@H](Cc1c[nH]c2ccc(F)cc12)NC(=O)OCc1cc(OC)c(OC)cc1[N+](=O)[O-]. The van der Waals surface area contributed by atoms with Crippen LogP contribution in [0.5, 0.6) is 11.5 Å². The summed E-state index contributed by atoms with van der Waals surface area (Å²) in [5, 5.41) is 14.1. The average Bonchev–Trinajstić information content (AvgIpc) is 3.27. The van der Waals surface area contributed by atoms with Gasteiger partial charge in [-0.3, -0.25) is 19.5 Å². The number of halogens is 1. The molecular weight excluding hydrogens is 544 g/mol. The zero-order valence-electron chi connectivity index (χ0n) is 21.0. The minimum atomic E-state index is -4.80. The Bertz CT molecular complexity index is 1430. The highest BCUT2D eigenvalue weighted by molar-refractivity contribution is 7.48. The lowest BCUT2D eigenvalue weighted by atomic mass is 10.1. The molecule has 2 aromatic carbocycles. The van der Waals surface area contributed by atoms with Gasteiger partial charge in [0.25, 0.3) is 5.69 Å². The molecule has 14 nitrogen and oxygen atoms in total. The molecule has 1 heterocycles. The van der Waals surface area contributed by atoms with Gasteiger partial charge in [-0.15, -0.1) is 0 Å². The lowest BCUT2D eigenvalue weighted by Crippen LogP contribution is -2.43. The first-order valence-electron chi connectivity index (χ1n) is 11.3. The van der Waals surface area contributed by atoms with Gasteiger partial charge in [-0.1, -0.05) is 0 Å². The Morgan fingerprint density at radius 1 is 1.18 bits per heavy atom.